The summed E-state index contributed by atoms with van der Waals surface area (Å²) in [7, 11) is 0. The highest BCUT2D eigenvalue weighted by Crippen LogP contribution is 2.38. The SMILES string of the molecule is CCC1=NC(CC)SC(CC)S1. The zero-order valence-corrected chi connectivity index (χ0v) is 9.67. The van der Waals surface area contributed by atoms with Crippen LogP contribution in [0.5, 0.6) is 0 Å². The van der Waals surface area contributed by atoms with Crippen molar-refractivity contribution in [3.63, 3.8) is 0 Å². The Bertz CT molecular complexity index is 168. The van der Waals surface area contributed by atoms with Crippen LogP contribution in [0.2, 0.25) is 0 Å². The molecule has 0 amide bonds. The van der Waals surface area contributed by atoms with E-state index in [0.29, 0.717) is 5.37 Å². The maximum atomic E-state index is 4.66. The molecule has 0 saturated heterocycles. The Morgan fingerprint density at radius 1 is 1.25 bits per heavy atom. The lowest BCUT2D eigenvalue weighted by molar-refractivity contribution is 0.859. The minimum absolute atomic E-state index is 0.533. The topological polar surface area (TPSA) is 12.4 Å². The fourth-order valence-corrected chi connectivity index (χ4v) is 3.87. The van der Waals surface area contributed by atoms with Crippen LogP contribution in [0, 0.1) is 0 Å². The molecular formula is C9H17NS2. The second-order valence-electron chi connectivity index (χ2n) is 2.83. The van der Waals surface area contributed by atoms with Crippen LogP contribution >= 0.6 is 23.5 Å². The van der Waals surface area contributed by atoms with Gasteiger partial charge in [-0.25, -0.2) is 0 Å². The van der Waals surface area contributed by atoms with E-state index in [4.69, 9.17) is 0 Å². The summed E-state index contributed by atoms with van der Waals surface area (Å²) in [4.78, 5) is 4.66. The van der Waals surface area contributed by atoms with Gasteiger partial charge in [0.15, 0.2) is 0 Å². The molecule has 0 aromatic heterocycles. The number of rotatable bonds is 3. The number of hydrogen-bond acceptors (Lipinski definition) is 3. The Morgan fingerprint density at radius 3 is 2.50 bits per heavy atom. The van der Waals surface area contributed by atoms with E-state index in [0.717, 1.165) is 11.0 Å². The van der Waals surface area contributed by atoms with Gasteiger partial charge in [0.05, 0.1) is 15.0 Å². The van der Waals surface area contributed by atoms with Crippen molar-refractivity contribution in [3.8, 4) is 0 Å². The van der Waals surface area contributed by atoms with E-state index in [1.54, 1.807) is 0 Å². The quantitative estimate of drug-likeness (QED) is 0.692. The standard InChI is InChI=1S/C9H17NS2/c1-4-7-10-8(5-2)12-9(6-3)11-7/h7,9H,4-6H2,1-3H3. The molecule has 0 aliphatic carbocycles. The maximum absolute atomic E-state index is 4.66. The highest BCUT2D eigenvalue weighted by molar-refractivity contribution is 8.25. The van der Waals surface area contributed by atoms with Crippen molar-refractivity contribution in [1.82, 2.24) is 0 Å². The monoisotopic (exact) mass is 203 g/mol. The average Bonchev–Trinajstić information content (AvgIpc) is 2.16. The number of hydrogen-bond donors (Lipinski definition) is 0. The molecule has 2 atom stereocenters. The van der Waals surface area contributed by atoms with Gasteiger partial charge in [0, 0.05) is 0 Å². The summed E-state index contributed by atoms with van der Waals surface area (Å²) < 4.78 is 0.752. The van der Waals surface area contributed by atoms with Crippen LogP contribution < -0.4 is 0 Å². The summed E-state index contributed by atoms with van der Waals surface area (Å²) in [6.45, 7) is 6.68. The Morgan fingerprint density at radius 2 is 2.00 bits per heavy atom. The maximum Gasteiger partial charge on any atom is 0.0969 e. The average molecular weight is 203 g/mol. The third-order valence-corrected chi connectivity index (χ3v) is 5.12. The van der Waals surface area contributed by atoms with E-state index in [9.17, 15) is 0 Å². The minimum Gasteiger partial charge on any atom is -0.269 e. The van der Waals surface area contributed by atoms with E-state index in [1.807, 2.05) is 23.5 Å². The van der Waals surface area contributed by atoms with Gasteiger partial charge < -0.3 is 0 Å². The zero-order chi connectivity index (χ0) is 8.97. The molecule has 2 unspecified atom stereocenters. The molecule has 0 saturated carbocycles. The second-order valence-corrected chi connectivity index (χ2v) is 5.79. The predicted molar refractivity (Wildman–Crippen MR) is 61.1 cm³/mol. The van der Waals surface area contributed by atoms with Gasteiger partial charge in [-0.2, -0.15) is 0 Å². The fraction of sp³-hybridized carbons (Fsp3) is 0.889. The van der Waals surface area contributed by atoms with Crippen LogP contribution in [0.15, 0.2) is 4.99 Å². The molecule has 0 bridgehead atoms. The molecule has 1 rings (SSSR count). The van der Waals surface area contributed by atoms with E-state index in [2.05, 4.69) is 25.8 Å². The first-order valence-electron chi connectivity index (χ1n) is 4.68. The Kier molecular flexibility index (Phi) is 4.51. The van der Waals surface area contributed by atoms with Crippen LogP contribution in [0.25, 0.3) is 0 Å². The summed E-state index contributed by atoms with van der Waals surface area (Å²) in [5.41, 5.74) is 0. The van der Waals surface area contributed by atoms with Gasteiger partial charge >= 0.3 is 0 Å². The molecule has 12 heavy (non-hydrogen) atoms. The van der Waals surface area contributed by atoms with Crippen molar-refractivity contribution in [2.24, 2.45) is 4.99 Å². The molecule has 3 heteroatoms. The van der Waals surface area contributed by atoms with Crippen LogP contribution in [0.3, 0.4) is 0 Å². The highest BCUT2D eigenvalue weighted by Gasteiger charge is 2.21. The molecule has 1 aliphatic heterocycles. The van der Waals surface area contributed by atoms with E-state index in [1.165, 1.54) is 17.9 Å². The predicted octanol–water partition coefficient (Wildman–Crippen LogP) is 3.75. The van der Waals surface area contributed by atoms with Crippen molar-refractivity contribution in [3.05, 3.63) is 0 Å². The fourth-order valence-electron chi connectivity index (χ4n) is 1.12. The summed E-state index contributed by atoms with van der Waals surface area (Å²) in [6.07, 6.45) is 3.54. The highest BCUT2D eigenvalue weighted by atomic mass is 32.2. The van der Waals surface area contributed by atoms with Crippen LogP contribution in [0.1, 0.15) is 40.0 Å². The van der Waals surface area contributed by atoms with Crippen LogP contribution in [-0.4, -0.2) is 15.0 Å². The van der Waals surface area contributed by atoms with Crippen molar-refractivity contribution < 1.29 is 0 Å². The molecule has 0 N–H and O–H groups in total. The van der Waals surface area contributed by atoms with Crippen LogP contribution in [-0.2, 0) is 0 Å². The molecule has 1 heterocycles. The van der Waals surface area contributed by atoms with Crippen molar-refractivity contribution in [1.29, 1.82) is 0 Å². The van der Waals surface area contributed by atoms with E-state index < -0.39 is 0 Å². The Hall–Kier alpha value is 0.370. The summed E-state index contributed by atoms with van der Waals surface area (Å²) in [5.74, 6) is 0. The molecule has 0 fully saturated rings. The molecule has 0 aromatic carbocycles. The number of nitrogens with zero attached hydrogens (tertiary/aromatic N) is 1. The smallest absolute Gasteiger partial charge is 0.0969 e. The van der Waals surface area contributed by atoms with Crippen LogP contribution in [0.4, 0.5) is 0 Å². The summed E-state index contributed by atoms with van der Waals surface area (Å²) >= 11 is 3.99. The summed E-state index contributed by atoms with van der Waals surface area (Å²) in [6, 6.07) is 0. The van der Waals surface area contributed by atoms with Gasteiger partial charge in [-0.1, -0.05) is 32.5 Å². The van der Waals surface area contributed by atoms with Gasteiger partial charge in [0.1, 0.15) is 0 Å². The lowest BCUT2D eigenvalue weighted by Gasteiger charge is -2.24. The lowest BCUT2D eigenvalue weighted by atomic mass is 10.4. The van der Waals surface area contributed by atoms with Gasteiger partial charge in [-0.3, -0.25) is 4.99 Å². The van der Waals surface area contributed by atoms with Gasteiger partial charge in [0.25, 0.3) is 0 Å². The Labute approximate surface area is 83.8 Å². The van der Waals surface area contributed by atoms with Crippen molar-refractivity contribution in [2.45, 2.75) is 50.0 Å². The third-order valence-electron chi connectivity index (χ3n) is 1.85. The van der Waals surface area contributed by atoms with Gasteiger partial charge in [-0.05, 0) is 19.3 Å². The second kappa shape index (κ2) is 5.18. The lowest BCUT2D eigenvalue weighted by Crippen LogP contribution is -2.14. The third kappa shape index (κ3) is 2.70. The number of aliphatic imine (C=N–C) groups is 1. The van der Waals surface area contributed by atoms with Gasteiger partial charge in [-0.15, -0.1) is 11.8 Å². The molecular weight excluding hydrogens is 186 g/mol. The molecule has 0 radical (unpaired) electrons. The molecule has 0 aromatic rings. The first-order valence-corrected chi connectivity index (χ1v) is 6.51. The molecule has 1 nitrogen and oxygen atoms in total. The first kappa shape index (κ1) is 10.5. The largest absolute Gasteiger partial charge is 0.269 e. The van der Waals surface area contributed by atoms with E-state index >= 15 is 0 Å². The summed E-state index contributed by atoms with van der Waals surface area (Å²) in [5, 5.41) is 1.89. The minimum atomic E-state index is 0.533. The molecule has 0 spiro atoms. The van der Waals surface area contributed by atoms with Crippen molar-refractivity contribution in [2.75, 3.05) is 0 Å². The molecule has 1 aliphatic rings. The van der Waals surface area contributed by atoms with Gasteiger partial charge in [0.2, 0.25) is 0 Å². The van der Waals surface area contributed by atoms with E-state index in [-0.39, 0.29) is 0 Å². The number of thioether (sulfide) groups is 2. The Balaban J connectivity index is 2.57. The molecule has 70 valence electrons. The van der Waals surface area contributed by atoms with Crippen molar-refractivity contribution >= 4 is 28.6 Å². The normalized spacial score (nSPS) is 30.1. The zero-order valence-electron chi connectivity index (χ0n) is 8.04. The first-order chi connectivity index (χ1) is 5.80.